The molecule has 3 rings (SSSR count). The molecule has 1 amide bonds. The Morgan fingerprint density at radius 2 is 2.12 bits per heavy atom. The Balaban J connectivity index is 1.80. The van der Waals surface area contributed by atoms with Crippen molar-refractivity contribution in [2.75, 3.05) is 18.5 Å². The van der Waals surface area contributed by atoms with Crippen LogP contribution in [0.15, 0.2) is 53.1 Å². The predicted molar refractivity (Wildman–Crippen MR) is 94.2 cm³/mol. The van der Waals surface area contributed by atoms with Crippen LogP contribution < -0.4 is 10.1 Å². The standard InChI is InChI=1S/C17H14BrN3O3/c18-13-5-3-12(10-14(13)24-9-8-22)17(23)21-15-6-4-11-2-1-7-19-16(11)20-15/h1-7,10,22H,8-9H2,(H,19,20,21,23). The molecule has 7 heteroatoms. The maximum atomic E-state index is 12.4. The number of pyridine rings is 2. The summed E-state index contributed by atoms with van der Waals surface area (Å²) in [6.45, 7) is 0.0540. The molecule has 0 aliphatic carbocycles. The molecule has 0 aliphatic rings. The SMILES string of the molecule is O=C(Nc1ccc2cccnc2n1)c1ccc(Br)c(OCCO)c1. The number of hydrogen-bond acceptors (Lipinski definition) is 5. The van der Waals surface area contributed by atoms with Gasteiger partial charge in [-0.25, -0.2) is 9.97 Å². The third-order valence-corrected chi connectivity index (χ3v) is 3.90. The van der Waals surface area contributed by atoms with E-state index in [4.69, 9.17) is 9.84 Å². The Kier molecular flexibility index (Phi) is 5.02. The molecule has 3 aromatic rings. The van der Waals surface area contributed by atoms with Crippen molar-refractivity contribution in [1.29, 1.82) is 0 Å². The van der Waals surface area contributed by atoms with Crippen molar-refractivity contribution in [3.63, 3.8) is 0 Å². The van der Waals surface area contributed by atoms with Gasteiger partial charge in [0.2, 0.25) is 0 Å². The van der Waals surface area contributed by atoms with Crippen molar-refractivity contribution >= 4 is 38.7 Å². The highest BCUT2D eigenvalue weighted by atomic mass is 79.9. The number of aliphatic hydroxyl groups is 1. The molecule has 0 fully saturated rings. The third-order valence-electron chi connectivity index (χ3n) is 3.25. The molecule has 2 N–H and O–H groups in total. The normalized spacial score (nSPS) is 10.6. The second-order valence-corrected chi connectivity index (χ2v) is 5.77. The third kappa shape index (κ3) is 3.69. The minimum atomic E-state index is -0.306. The molecule has 0 saturated heterocycles. The number of nitrogens with one attached hydrogen (secondary N) is 1. The first kappa shape index (κ1) is 16.4. The zero-order valence-corrected chi connectivity index (χ0v) is 14.2. The van der Waals surface area contributed by atoms with Gasteiger partial charge < -0.3 is 15.2 Å². The van der Waals surface area contributed by atoms with Gasteiger partial charge in [-0.2, -0.15) is 0 Å². The lowest BCUT2D eigenvalue weighted by molar-refractivity contribution is 0.102. The van der Waals surface area contributed by atoms with E-state index in [1.807, 2.05) is 18.2 Å². The molecule has 6 nitrogen and oxygen atoms in total. The molecule has 0 aliphatic heterocycles. The summed E-state index contributed by atoms with van der Waals surface area (Å²) in [6.07, 6.45) is 1.65. The first-order valence-electron chi connectivity index (χ1n) is 7.24. The van der Waals surface area contributed by atoms with Crippen LogP contribution in [0.3, 0.4) is 0 Å². The van der Waals surface area contributed by atoms with E-state index in [1.165, 1.54) is 0 Å². The fraction of sp³-hybridized carbons (Fsp3) is 0.118. The van der Waals surface area contributed by atoms with E-state index in [0.717, 1.165) is 5.39 Å². The molecule has 0 radical (unpaired) electrons. The number of rotatable bonds is 5. The van der Waals surface area contributed by atoms with Crippen molar-refractivity contribution in [2.24, 2.45) is 0 Å². The second kappa shape index (κ2) is 7.37. The van der Waals surface area contributed by atoms with Gasteiger partial charge >= 0.3 is 0 Å². The second-order valence-electron chi connectivity index (χ2n) is 4.92. The number of aromatic nitrogens is 2. The van der Waals surface area contributed by atoms with E-state index in [9.17, 15) is 4.79 Å². The van der Waals surface area contributed by atoms with Gasteiger partial charge in [0.15, 0.2) is 5.65 Å². The zero-order chi connectivity index (χ0) is 16.9. The summed E-state index contributed by atoms with van der Waals surface area (Å²) in [4.78, 5) is 20.9. The first-order chi connectivity index (χ1) is 11.7. The zero-order valence-electron chi connectivity index (χ0n) is 12.6. The van der Waals surface area contributed by atoms with Gasteiger partial charge in [-0.3, -0.25) is 4.79 Å². The minimum Gasteiger partial charge on any atom is -0.490 e. The Labute approximate surface area is 146 Å². The molecular formula is C17H14BrN3O3. The van der Waals surface area contributed by atoms with Crippen molar-refractivity contribution in [3.8, 4) is 5.75 Å². The van der Waals surface area contributed by atoms with Crippen LogP contribution in [0, 0.1) is 0 Å². The van der Waals surface area contributed by atoms with Crippen LogP contribution >= 0.6 is 15.9 Å². The van der Waals surface area contributed by atoms with Gasteiger partial charge in [-0.05, 0) is 58.4 Å². The van der Waals surface area contributed by atoms with E-state index in [-0.39, 0.29) is 19.1 Å². The topological polar surface area (TPSA) is 84.3 Å². The largest absolute Gasteiger partial charge is 0.490 e. The number of aliphatic hydroxyl groups excluding tert-OH is 1. The molecule has 0 saturated carbocycles. The lowest BCUT2D eigenvalue weighted by atomic mass is 10.2. The Bertz CT molecular complexity index is 886. The first-order valence-corrected chi connectivity index (χ1v) is 8.03. The van der Waals surface area contributed by atoms with Crippen LogP contribution in [0.1, 0.15) is 10.4 Å². The molecule has 24 heavy (non-hydrogen) atoms. The molecular weight excluding hydrogens is 374 g/mol. The minimum absolute atomic E-state index is 0.100. The number of carbonyl (C=O) groups is 1. The number of benzene rings is 1. The average Bonchev–Trinajstić information content (AvgIpc) is 2.61. The van der Waals surface area contributed by atoms with E-state index < -0.39 is 0 Å². The summed E-state index contributed by atoms with van der Waals surface area (Å²) in [5.74, 6) is 0.607. The molecule has 0 spiro atoms. The van der Waals surface area contributed by atoms with Gasteiger partial charge in [0, 0.05) is 17.1 Å². The lowest BCUT2D eigenvalue weighted by Crippen LogP contribution is -2.13. The molecule has 2 aromatic heterocycles. The monoisotopic (exact) mass is 387 g/mol. The van der Waals surface area contributed by atoms with Gasteiger partial charge in [-0.15, -0.1) is 0 Å². The smallest absolute Gasteiger partial charge is 0.256 e. The maximum Gasteiger partial charge on any atom is 0.256 e. The van der Waals surface area contributed by atoms with E-state index in [1.54, 1.807) is 30.5 Å². The van der Waals surface area contributed by atoms with Crippen LogP contribution in [0.4, 0.5) is 5.82 Å². The molecule has 0 bridgehead atoms. The lowest BCUT2D eigenvalue weighted by Gasteiger charge is -2.09. The number of halogens is 1. The number of fused-ring (bicyclic) bond motifs is 1. The summed E-state index contributed by atoms with van der Waals surface area (Å²) < 4.78 is 6.09. The highest BCUT2D eigenvalue weighted by Crippen LogP contribution is 2.26. The summed E-state index contributed by atoms with van der Waals surface area (Å²) in [6, 6.07) is 12.3. The molecule has 0 atom stereocenters. The van der Waals surface area contributed by atoms with Gasteiger partial charge in [0.1, 0.15) is 18.2 Å². The van der Waals surface area contributed by atoms with Crippen molar-refractivity contribution in [1.82, 2.24) is 9.97 Å². The molecule has 2 heterocycles. The Morgan fingerprint density at radius 1 is 1.25 bits per heavy atom. The number of carbonyl (C=O) groups excluding carboxylic acids is 1. The van der Waals surface area contributed by atoms with E-state index in [0.29, 0.717) is 27.3 Å². The Hall–Kier alpha value is -2.51. The van der Waals surface area contributed by atoms with Crippen LogP contribution in [0.2, 0.25) is 0 Å². The van der Waals surface area contributed by atoms with Crippen molar-refractivity contribution < 1.29 is 14.6 Å². The average molecular weight is 388 g/mol. The summed E-state index contributed by atoms with van der Waals surface area (Å²) in [5.41, 5.74) is 0.993. The summed E-state index contributed by atoms with van der Waals surface area (Å²) in [5, 5.41) is 12.5. The van der Waals surface area contributed by atoms with Crippen LogP contribution in [0.5, 0.6) is 5.75 Å². The van der Waals surface area contributed by atoms with Gasteiger partial charge in [0.05, 0.1) is 11.1 Å². The number of nitrogens with zero attached hydrogens (tertiary/aromatic N) is 2. The van der Waals surface area contributed by atoms with Crippen molar-refractivity contribution in [3.05, 3.63) is 58.7 Å². The summed E-state index contributed by atoms with van der Waals surface area (Å²) in [7, 11) is 0. The fourth-order valence-corrected chi connectivity index (χ4v) is 2.48. The van der Waals surface area contributed by atoms with Crippen LogP contribution in [0.25, 0.3) is 11.0 Å². The van der Waals surface area contributed by atoms with Crippen molar-refractivity contribution in [2.45, 2.75) is 0 Å². The highest BCUT2D eigenvalue weighted by molar-refractivity contribution is 9.10. The number of amides is 1. The summed E-state index contributed by atoms with van der Waals surface area (Å²) >= 11 is 3.34. The van der Waals surface area contributed by atoms with Gasteiger partial charge in [0.25, 0.3) is 5.91 Å². The van der Waals surface area contributed by atoms with Gasteiger partial charge in [-0.1, -0.05) is 0 Å². The number of ether oxygens (including phenoxy) is 1. The fourth-order valence-electron chi connectivity index (χ4n) is 2.12. The molecule has 1 aromatic carbocycles. The Morgan fingerprint density at radius 3 is 2.96 bits per heavy atom. The molecule has 0 unspecified atom stereocenters. The highest BCUT2D eigenvalue weighted by Gasteiger charge is 2.11. The maximum absolute atomic E-state index is 12.4. The predicted octanol–water partition coefficient (Wildman–Crippen LogP) is 3.02. The van der Waals surface area contributed by atoms with E-state index >= 15 is 0 Å². The number of anilines is 1. The van der Waals surface area contributed by atoms with E-state index in [2.05, 4.69) is 31.2 Å². The molecule has 122 valence electrons. The van der Waals surface area contributed by atoms with Crippen LogP contribution in [-0.2, 0) is 0 Å². The quantitative estimate of drug-likeness (QED) is 0.702. The number of hydrogen-bond donors (Lipinski definition) is 2. The van der Waals surface area contributed by atoms with Crippen LogP contribution in [-0.4, -0.2) is 34.2 Å².